The molecule has 2 aromatic carbocycles. The second-order valence-electron chi connectivity index (χ2n) is 9.33. The summed E-state index contributed by atoms with van der Waals surface area (Å²) < 4.78 is 1.69. The number of hydrogen-bond acceptors (Lipinski definition) is 5. The van der Waals surface area contributed by atoms with Crippen molar-refractivity contribution < 1.29 is 14.5 Å². The number of amides is 2. The van der Waals surface area contributed by atoms with Gasteiger partial charge in [0, 0.05) is 35.7 Å². The first kappa shape index (κ1) is 24.6. The summed E-state index contributed by atoms with van der Waals surface area (Å²) in [5.41, 5.74) is 2.87. The van der Waals surface area contributed by atoms with Gasteiger partial charge in [-0.1, -0.05) is 45.0 Å². The molecule has 0 atom stereocenters. The highest BCUT2D eigenvalue weighted by Crippen LogP contribution is 2.27. The number of hydrogen-bond donors (Lipinski definition) is 1. The fourth-order valence-corrected chi connectivity index (χ4v) is 3.45. The fraction of sp³-hybridized carbons (Fsp3) is 0.320. The van der Waals surface area contributed by atoms with Gasteiger partial charge in [-0.15, -0.1) is 0 Å². The average Bonchev–Trinajstić information content (AvgIpc) is 3.17. The van der Waals surface area contributed by atoms with E-state index < -0.39 is 16.7 Å². The second-order valence-corrected chi connectivity index (χ2v) is 9.33. The molecule has 34 heavy (non-hydrogen) atoms. The van der Waals surface area contributed by atoms with Crippen LogP contribution in [-0.2, 0) is 10.2 Å². The van der Waals surface area contributed by atoms with Crippen molar-refractivity contribution in [2.24, 2.45) is 0 Å². The topological polar surface area (TPSA) is 110 Å². The third kappa shape index (κ3) is 5.31. The van der Waals surface area contributed by atoms with E-state index in [4.69, 9.17) is 5.10 Å². The number of aromatic nitrogens is 2. The van der Waals surface area contributed by atoms with Crippen LogP contribution in [0.3, 0.4) is 0 Å². The highest BCUT2D eigenvalue weighted by molar-refractivity contribution is 5.99. The lowest BCUT2D eigenvalue weighted by atomic mass is 9.92. The van der Waals surface area contributed by atoms with Gasteiger partial charge in [-0.05, 0) is 31.5 Å². The van der Waals surface area contributed by atoms with Crippen LogP contribution in [0.15, 0.2) is 48.5 Å². The zero-order valence-corrected chi connectivity index (χ0v) is 20.2. The van der Waals surface area contributed by atoms with Crippen molar-refractivity contribution in [2.75, 3.05) is 18.9 Å². The van der Waals surface area contributed by atoms with Crippen LogP contribution in [0, 0.1) is 24.0 Å². The van der Waals surface area contributed by atoms with Crippen LogP contribution in [-0.4, -0.2) is 45.0 Å². The largest absolute Gasteiger partial charge is 0.332 e. The molecule has 178 valence electrons. The van der Waals surface area contributed by atoms with E-state index in [1.807, 2.05) is 58.0 Å². The molecular weight excluding hydrogens is 434 g/mol. The molecule has 0 saturated heterocycles. The maximum Gasteiger partial charge on any atom is 0.273 e. The van der Waals surface area contributed by atoms with Crippen molar-refractivity contribution >= 4 is 23.3 Å². The number of nitro benzene ring substituents is 1. The first-order valence-electron chi connectivity index (χ1n) is 10.9. The summed E-state index contributed by atoms with van der Waals surface area (Å²) in [5.74, 6) is -0.398. The van der Waals surface area contributed by atoms with E-state index >= 15 is 0 Å². The molecule has 9 nitrogen and oxygen atoms in total. The zero-order valence-electron chi connectivity index (χ0n) is 20.2. The van der Waals surface area contributed by atoms with Gasteiger partial charge in [0.1, 0.15) is 5.82 Å². The summed E-state index contributed by atoms with van der Waals surface area (Å²) >= 11 is 0. The predicted molar refractivity (Wildman–Crippen MR) is 130 cm³/mol. The Morgan fingerprint density at radius 2 is 1.76 bits per heavy atom. The predicted octanol–water partition coefficient (Wildman–Crippen LogP) is 4.41. The van der Waals surface area contributed by atoms with Crippen molar-refractivity contribution in [2.45, 2.75) is 40.0 Å². The number of rotatable bonds is 6. The maximum absolute atomic E-state index is 12.9. The van der Waals surface area contributed by atoms with E-state index in [0.29, 0.717) is 11.4 Å². The van der Waals surface area contributed by atoms with Gasteiger partial charge in [0.2, 0.25) is 5.91 Å². The minimum absolute atomic E-state index is 0.138. The van der Waals surface area contributed by atoms with Crippen LogP contribution < -0.4 is 5.32 Å². The lowest BCUT2D eigenvalue weighted by Gasteiger charge is -2.17. The van der Waals surface area contributed by atoms with E-state index in [-0.39, 0.29) is 23.2 Å². The molecule has 1 N–H and O–H groups in total. The first-order chi connectivity index (χ1) is 15.9. The lowest BCUT2D eigenvalue weighted by molar-refractivity contribution is -0.385. The molecule has 2 amide bonds. The van der Waals surface area contributed by atoms with Gasteiger partial charge < -0.3 is 10.2 Å². The van der Waals surface area contributed by atoms with Gasteiger partial charge in [-0.3, -0.25) is 19.7 Å². The van der Waals surface area contributed by atoms with E-state index in [2.05, 4.69) is 5.32 Å². The van der Waals surface area contributed by atoms with Gasteiger partial charge in [0.05, 0.1) is 22.8 Å². The molecule has 0 spiro atoms. The third-order valence-corrected chi connectivity index (χ3v) is 5.47. The summed E-state index contributed by atoms with van der Waals surface area (Å²) in [4.78, 5) is 37.6. The fourth-order valence-electron chi connectivity index (χ4n) is 3.45. The number of carbonyl (C=O) groups is 2. The Morgan fingerprint density at radius 3 is 2.38 bits per heavy atom. The Balaban J connectivity index is 1.82. The van der Waals surface area contributed by atoms with Gasteiger partial charge in [0.15, 0.2) is 0 Å². The van der Waals surface area contributed by atoms with Gasteiger partial charge in [-0.25, -0.2) is 4.68 Å². The smallest absolute Gasteiger partial charge is 0.273 e. The summed E-state index contributed by atoms with van der Waals surface area (Å²) in [7, 11) is 1.48. The number of nitrogens with one attached hydrogen (secondary N) is 1. The number of anilines is 1. The van der Waals surface area contributed by atoms with Gasteiger partial charge in [0.25, 0.3) is 11.6 Å². The number of carbonyl (C=O) groups excluding carboxylic acids is 2. The van der Waals surface area contributed by atoms with Crippen LogP contribution in [0.2, 0.25) is 0 Å². The first-order valence-corrected chi connectivity index (χ1v) is 10.9. The molecular formula is C25H29N5O4. The molecule has 0 radical (unpaired) electrons. The molecule has 9 heteroatoms. The molecule has 0 saturated carbocycles. The standard InChI is InChI=1S/C25H29N5O4/c1-16-9-7-8-10-19(16)29-22(14-21(27-29)25(3,4)5)26-23(31)15-28(6)24(32)18-12-11-17(2)20(13-18)30(33)34/h7-14H,15H2,1-6H3,(H,26,31). The van der Waals surface area contributed by atoms with Crippen molar-refractivity contribution in [1.82, 2.24) is 14.7 Å². The number of para-hydroxylation sites is 1. The molecule has 0 unspecified atom stereocenters. The molecule has 0 bridgehead atoms. The number of aryl methyl sites for hydroxylation is 2. The number of nitro groups is 1. The quantitative estimate of drug-likeness (QED) is 0.430. The Kier molecular flexibility index (Phi) is 6.85. The Labute approximate surface area is 198 Å². The van der Waals surface area contributed by atoms with E-state index in [0.717, 1.165) is 16.9 Å². The van der Waals surface area contributed by atoms with E-state index in [9.17, 15) is 19.7 Å². The van der Waals surface area contributed by atoms with Gasteiger partial charge >= 0.3 is 0 Å². The van der Waals surface area contributed by atoms with Crippen LogP contribution in [0.1, 0.15) is 48.0 Å². The number of nitrogens with zero attached hydrogens (tertiary/aromatic N) is 4. The maximum atomic E-state index is 12.9. The average molecular weight is 464 g/mol. The van der Waals surface area contributed by atoms with Crippen LogP contribution >= 0.6 is 0 Å². The zero-order chi connectivity index (χ0) is 25.2. The summed E-state index contributed by atoms with van der Waals surface area (Å²) in [5, 5.41) is 18.8. The third-order valence-electron chi connectivity index (χ3n) is 5.47. The SMILES string of the molecule is Cc1ccccc1-n1nc(C(C)(C)C)cc1NC(=O)CN(C)C(=O)c1ccc(C)c([N+](=O)[O-])c1. The second kappa shape index (κ2) is 9.46. The molecule has 0 aliphatic rings. The van der Waals surface area contributed by atoms with Crippen LogP contribution in [0.5, 0.6) is 0 Å². The van der Waals surface area contributed by atoms with Crippen LogP contribution in [0.4, 0.5) is 11.5 Å². The molecule has 3 rings (SSSR count). The number of benzene rings is 2. The molecule has 0 fully saturated rings. The highest BCUT2D eigenvalue weighted by atomic mass is 16.6. The van der Waals surface area contributed by atoms with E-state index in [1.165, 1.54) is 30.1 Å². The lowest BCUT2D eigenvalue weighted by Crippen LogP contribution is -2.35. The Morgan fingerprint density at radius 1 is 1.09 bits per heavy atom. The Bertz CT molecular complexity index is 1260. The summed E-state index contributed by atoms with van der Waals surface area (Å²) in [6.07, 6.45) is 0. The number of likely N-dealkylation sites (N-methyl/N-ethyl adjacent to an activating group) is 1. The normalized spacial score (nSPS) is 11.2. The van der Waals surface area contributed by atoms with Crippen molar-refractivity contribution in [3.63, 3.8) is 0 Å². The van der Waals surface area contributed by atoms with E-state index in [1.54, 1.807) is 11.6 Å². The molecule has 3 aromatic rings. The van der Waals surface area contributed by atoms with Crippen molar-refractivity contribution in [3.8, 4) is 5.69 Å². The molecule has 0 aliphatic carbocycles. The highest BCUT2D eigenvalue weighted by Gasteiger charge is 2.23. The molecule has 0 aliphatic heterocycles. The monoisotopic (exact) mass is 463 g/mol. The minimum atomic E-state index is -0.529. The molecule has 1 heterocycles. The summed E-state index contributed by atoms with van der Waals surface area (Å²) in [6.45, 7) is 9.45. The van der Waals surface area contributed by atoms with Crippen molar-refractivity contribution in [3.05, 3.63) is 81.0 Å². The van der Waals surface area contributed by atoms with Crippen molar-refractivity contribution in [1.29, 1.82) is 0 Å². The minimum Gasteiger partial charge on any atom is -0.332 e. The van der Waals surface area contributed by atoms with Crippen LogP contribution in [0.25, 0.3) is 5.69 Å². The Hall–Kier alpha value is -4.01. The summed E-state index contributed by atoms with van der Waals surface area (Å²) in [6, 6.07) is 13.8. The molecule has 1 aromatic heterocycles. The van der Waals surface area contributed by atoms with Gasteiger partial charge in [-0.2, -0.15) is 5.10 Å².